The number of carbonyl (C=O) groups excluding carboxylic acids is 3. The maximum Gasteiger partial charge on any atom is 0.338 e. The fraction of sp³-hybridized carbons (Fsp3) is 0.278. The van der Waals surface area contributed by atoms with Crippen LogP contribution in [0.5, 0.6) is 0 Å². The van der Waals surface area contributed by atoms with Gasteiger partial charge in [0.05, 0.1) is 41.6 Å². The summed E-state index contributed by atoms with van der Waals surface area (Å²) >= 11 is 13.5. The molecule has 1 aromatic rings. The second kappa shape index (κ2) is 7.69. The summed E-state index contributed by atoms with van der Waals surface area (Å²) in [4.78, 5) is 39.1. The minimum atomic E-state index is -0.985. The highest BCUT2D eigenvalue weighted by Crippen LogP contribution is 2.50. The number of amides is 1. The van der Waals surface area contributed by atoms with Crippen LogP contribution < -0.4 is 5.73 Å². The minimum Gasteiger partial charge on any atom is -0.466 e. The zero-order chi connectivity index (χ0) is 20.7. The highest BCUT2D eigenvalue weighted by atomic mass is 35.5. The van der Waals surface area contributed by atoms with Crippen LogP contribution >= 0.6 is 35.0 Å². The standard InChI is InChI=1S/C18H16Cl2N2O5S/c1-7-15(23)22-14(21)12(17(24)26-2)11(9-5-4-8(19)6-10(9)20)13(16(22)28-7)18(25)27-3/h4-7,11H,21H2,1-3H3/t7-,11+/m1/s1. The summed E-state index contributed by atoms with van der Waals surface area (Å²) in [6, 6.07) is 4.66. The normalized spacial score (nSPS) is 21.8. The van der Waals surface area contributed by atoms with Crippen LogP contribution in [0.3, 0.4) is 0 Å². The molecule has 0 spiro atoms. The van der Waals surface area contributed by atoms with Crippen LogP contribution in [-0.2, 0) is 23.9 Å². The van der Waals surface area contributed by atoms with Crippen LogP contribution in [0, 0.1) is 0 Å². The Labute approximate surface area is 175 Å². The molecule has 0 unspecified atom stereocenters. The number of benzene rings is 1. The maximum absolute atomic E-state index is 12.7. The van der Waals surface area contributed by atoms with E-state index in [1.54, 1.807) is 19.1 Å². The summed E-state index contributed by atoms with van der Waals surface area (Å²) in [5.41, 5.74) is 6.65. The van der Waals surface area contributed by atoms with Crippen LogP contribution in [-0.4, -0.2) is 42.2 Å². The molecular formula is C18H16Cl2N2O5S. The van der Waals surface area contributed by atoms with Gasteiger partial charge >= 0.3 is 11.9 Å². The van der Waals surface area contributed by atoms with E-state index in [0.29, 0.717) is 15.6 Å². The second-order valence-corrected chi connectivity index (χ2v) is 8.21. The molecule has 0 radical (unpaired) electrons. The lowest BCUT2D eigenvalue weighted by Gasteiger charge is -2.33. The molecule has 1 fully saturated rings. The summed E-state index contributed by atoms with van der Waals surface area (Å²) < 4.78 is 9.83. The van der Waals surface area contributed by atoms with Gasteiger partial charge in [-0.3, -0.25) is 9.69 Å². The highest BCUT2D eigenvalue weighted by Gasteiger charge is 2.49. The van der Waals surface area contributed by atoms with E-state index >= 15 is 0 Å². The van der Waals surface area contributed by atoms with E-state index in [2.05, 4.69) is 0 Å². The van der Waals surface area contributed by atoms with Crippen molar-refractivity contribution in [2.45, 2.75) is 18.1 Å². The van der Waals surface area contributed by atoms with Crippen molar-refractivity contribution < 1.29 is 23.9 Å². The van der Waals surface area contributed by atoms with Crippen molar-refractivity contribution in [1.82, 2.24) is 4.90 Å². The number of ether oxygens (including phenoxy) is 2. The third kappa shape index (κ3) is 3.15. The van der Waals surface area contributed by atoms with Gasteiger partial charge in [0.15, 0.2) is 0 Å². The first-order chi connectivity index (χ1) is 13.2. The summed E-state index contributed by atoms with van der Waals surface area (Å²) in [5, 5.41) is 0.427. The van der Waals surface area contributed by atoms with E-state index in [0.717, 1.165) is 16.7 Å². The fourth-order valence-corrected chi connectivity index (χ4v) is 4.88. The second-order valence-electron chi connectivity index (χ2n) is 6.03. The van der Waals surface area contributed by atoms with E-state index in [1.807, 2.05) is 0 Å². The summed E-state index contributed by atoms with van der Waals surface area (Å²) in [5.74, 6) is -2.93. The Bertz CT molecular complexity index is 959. The molecule has 0 bridgehead atoms. The number of halogens is 2. The Balaban J connectivity index is 2.36. The average molecular weight is 443 g/mol. The topological polar surface area (TPSA) is 98.9 Å². The average Bonchev–Trinajstić information content (AvgIpc) is 2.95. The van der Waals surface area contributed by atoms with Gasteiger partial charge in [0.25, 0.3) is 0 Å². The molecule has 7 nitrogen and oxygen atoms in total. The molecule has 1 saturated heterocycles. The number of esters is 2. The summed E-state index contributed by atoms with van der Waals surface area (Å²) in [6.45, 7) is 1.68. The molecule has 28 heavy (non-hydrogen) atoms. The molecule has 0 aromatic heterocycles. The van der Waals surface area contributed by atoms with Crippen molar-refractivity contribution in [3.05, 3.63) is 55.8 Å². The molecule has 2 N–H and O–H groups in total. The van der Waals surface area contributed by atoms with Crippen LogP contribution in [0.1, 0.15) is 18.4 Å². The van der Waals surface area contributed by atoms with E-state index in [4.69, 9.17) is 38.4 Å². The third-order valence-electron chi connectivity index (χ3n) is 4.47. The Hall–Kier alpha value is -2.16. The van der Waals surface area contributed by atoms with Crippen molar-refractivity contribution in [2.24, 2.45) is 5.73 Å². The lowest BCUT2D eigenvalue weighted by molar-refractivity contribution is -0.137. The van der Waals surface area contributed by atoms with Crippen molar-refractivity contribution in [1.29, 1.82) is 0 Å². The first-order valence-corrected chi connectivity index (χ1v) is 9.72. The van der Waals surface area contributed by atoms with Gasteiger partial charge in [0.2, 0.25) is 5.91 Å². The molecule has 1 aromatic carbocycles. The SMILES string of the molecule is COC(=O)C1=C(N)N2C(=O)[C@@H](C)SC2=C(C(=O)OC)[C@H]1c1ccc(Cl)cc1Cl. The van der Waals surface area contributed by atoms with Gasteiger partial charge < -0.3 is 15.2 Å². The van der Waals surface area contributed by atoms with Crippen molar-refractivity contribution in [2.75, 3.05) is 14.2 Å². The summed E-state index contributed by atoms with van der Waals surface area (Å²) in [6.07, 6.45) is 0. The highest BCUT2D eigenvalue weighted by molar-refractivity contribution is 8.04. The Morgan fingerprint density at radius 2 is 1.75 bits per heavy atom. The monoisotopic (exact) mass is 442 g/mol. The molecule has 1 amide bonds. The molecule has 2 aliphatic rings. The van der Waals surface area contributed by atoms with Gasteiger partial charge in [-0.15, -0.1) is 0 Å². The van der Waals surface area contributed by atoms with Crippen LogP contribution in [0.15, 0.2) is 40.2 Å². The van der Waals surface area contributed by atoms with Gasteiger partial charge in [-0.2, -0.15) is 0 Å². The molecule has 0 aliphatic carbocycles. The first-order valence-electron chi connectivity index (χ1n) is 8.08. The van der Waals surface area contributed by atoms with Crippen LogP contribution in [0.2, 0.25) is 10.0 Å². The number of thioether (sulfide) groups is 1. The first kappa shape index (κ1) is 20.6. The van der Waals surface area contributed by atoms with Crippen molar-refractivity contribution in [3.8, 4) is 0 Å². The lowest BCUT2D eigenvalue weighted by atomic mass is 9.82. The molecule has 3 rings (SSSR count). The lowest BCUT2D eigenvalue weighted by Crippen LogP contribution is -2.40. The number of nitrogens with zero attached hydrogens (tertiary/aromatic N) is 1. The number of fused-ring (bicyclic) bond motifs is 1. The molecule has 0 saturated carbocycles. The molecule has 148 valence electrons. The van der Waals surface area contributed by atoms with Gasteiger partial charge in [-0.1, -0.05) is 41.0 Å². The zero-order valence-corrected chi connectivity index (χ0v) is 17.4. The number of hydrogen-bond donors (Lipinski definition) is 1. The number of rotatable bonds is 3. The van der Waals surface area contributed by atoms with Crippen molar-refractivity contribution in [3.63, 3.8) is 0 Å². The molecule has 2 aliphatic heterocycles. The summed E-state index contributed by atoms with van der Waals surface area (Å²) in [7, 11) is 2.40. The van der Waals surface area contributed by atoms with Gasteiger partial charge in [0.1, 0.15) is 5.82 Å². The van der Waals surface area contributed by atoms with Gasteiger partial charge in [-0.25, -0.2) is 9.59 Å². The molecule has 10 heteroatoms. The molecule has 2 heterocycles. The molecule has 2 atom stereocenters. The Kier molecular flexibility index (Phi) is 5.65. The maximum atomic E-state index is 12.7. The van der Waals surface area contributed by atoms with E-state index in [9.17, 15) is 14.4 Å². The van der Waals surface area contributed by atoms with E-state index in [1.165, 1.54) is 20.3 Å². The predicted octanol–water partition coefficient (Wildman–Crippen LogP) is 2.78. The fourth-order valence-electron chi connectivity index (χ4n) is 3.19. The van der Waals surface area contributed by atoms with E-state index in [-0.39, 0.29) is 27.9 Å². The van der Waals surface area contributed by atoms with Gasteiger partial charge in [0, 0.05) is 10.0 Å². The van der Waals surface area contributed by atoms with Crippen molar-refractivity contribution >= 4 is 52.8 Å². The van der Waals surface area contributed by atoms with E-state index < -0.39 is 23.1 Å². The Morgan fingerprint density at radius 3 is 2.32 bits per heavy atom. The number of nitrogens with two attached hydrogens (primary N) is 1. The Morgan fingerprint density at radius 1 is 1.14 bits per heavy atom. The minimum absolute atomic E-state index is 0.0704. The van der Waals surface area contributed by atoms with Gasteiger partial charge in [-0.05, 0) is 24.6 Å². The largest absolute Gasteiger partial charge is 0.466 e. The predicted molar refractivity (Wildman–Crippen MR) is 105 cm³/mol. The van der Waals surface area contributed by atoms with Crippen LogP contribution in [0.25, 0.3) is 0 Å². The zero-order valence-electron chi connectivity index (χ0n) is 15.1. The smallest absolute Gasteiger partial charge is 0.338 e. The van der Waals surface area contributed by atoms with Crippen LogP contribution in [0.4, 0.5) is 0 Å². The number of carbonyl (C=O) groups is 3. The quantitative estimate of drug-likeness (QED) is 0.718. The molecular weight excluding hydrogens is 427 g/mol. The third-order valence-corrected chi connectivity index (χ3v) is 6.21. The number of methoxy groups -OCH3 is 2. The number of hydrogen-bond acceptors (Lipinski definition) is 7.